The Morgan fingerprint density at radius 2 is 2.35 bits per heavy atom. The van der Waals surface area contributed by atoms with Crippen molar-refractivity contribution in [3.63, 3.8) is 0 Å². The molecule has 6 heteroatoms. The first-order valence-corrected chi connectivity index (χ1v) is 5.79. The third-order valence-corrected chi connectivity index (χ3v) is 2.50. The minimum absolute atomic E-state index is 0.281. The number of hydrogen-bond donors (Lipinski definition) is 1. The standard InChI is InChI=1S/C14H13NO5/c1-18-12-3-4-13(11(6-12)2-5-14(16)17)19-8-10-7-15-20-9-10/h2-7,9H,8H2,1H3,(H,16,17)/b5-2+. The first-order chi connectivity index (χ1) is 9.69. The number of hydrogen-bond acceptors (Lipinski definition) is 5. The molecule has 6 nitrogen and oxygen atoms in total. The number of methoxy groups -OCH3 is 1. The molecule has 0 aliphatic heterocycles. The predicted molar refractivity (Wildman–Crippen MR) is 70.5 cm³/mol. The van der Waals surface area contributed by atoms with Gasteiger partial charge in [0.15, 0.2) is 0 Å². The topological polar surface area (TPSA) is 81.8 Å². The lowest BCUT2D eigenvalue weighted by Gasteiger charge is -2.09. The molecule has 0 unspecified atom stereocenters. The molecular weight excluding hydrogens is 262 g/mol. The van der Waals surface area contributed by atoms with E-state index < -0.39 is 5.97 Å². The van der Waals surface area contributed by atoms with Crippen molar-refractivity contribution in [3.8, 4) is 11.5 Å². The first-order valence-electron chi connectivity index (χ1n) is 5.79. The van der Waals surface area contributed by atoms with Gasteiger partial charge in [-0.3, -0.25) is 0 Å². The Morgan fingerprint density at radius 3 is 3.00 bits per heavy atom. The van der Waals surface area contributed by atoms with Crippen LogP contribution in [0.3, 0.4) is 0 Å². The summed E-state index contributed by atoms with van der Waals surface area (Å²) in [5, 5.41) is 12.3. The first kappa shape index (κ1) is 13.7. The van der Waals surface area contributed by atoms with Crippen LogP contribution in [0, 0.1) is 0 Å². The van der Waals surface area contributed by atoms with Crippen LogP contribution in [0.2, 0.25) is 0 Å². The van der Waals surface area contributed by atoms with E-state index in [2.05, 4.69) is 5.16 Å². The Balaban J connectivity index is 2.19. The lowest BCUT2D eigenvalue weighted by molar-refractivity contribution is -0.131. The van der Waals surface area contributed by atoms with Crippen molar-refractivity contribution in [1.82, 2.24) is 5.16 Å². The van der Waals surface area contributed by atoms with Gasteiger partial charge in [-0.15, -0.1) is 0 Å². The molecule has 0 radical (unpaired) electrons. The fourth-order valence-corrected chi connectivity index (χ4v) is 1.54. The SMILES string of the molecule is COc1ccc(OCc2cnoc2)c(/C=C/C(=O)O)c1. The van der Waals surface area contributed by atoms with Crippen LogP contribution in [0.5, 0.6) is 11.5 Å². The number of carboxylic acids is 1. The number of ether oxygens (including phenoxy) is 2. The van der Waals surface area contributed by atoms with E-state index in [1.807, 2.05) is 0 Å². The van der Waals surface area contributed by atoms with E-state index in [9.17, 15) is 4.79 Å². The fourth-order valence-electron chi connectivity index (χ4n) is 1.54. The molecule has 1 heterocycles. The number of aliphatic carboxylic acids is 1. The van der Waals surface area contributed by atoms with E-state index in [0.29, 0.717) is 17.1 Å². The van der Waals surface area contributed by atoms with Crippen LogP contribution in [0.25, 0.3) is 6.08 Å². The van der Waals surface area contributed by atoms with E-state index in [0.717, 1.165) is 11.6 Å². The normalized spacial score (nSPS) is 10.7. The third-order valence-electron chi connectivity index (χ3n) is 2.50. The molecule has 2 rings (SSSR count). The second-order valence-corrected chi connectivity index (χ2v) is 3.90. The lowest BCUT2D eigenvalue weighted by atomic mass is 10.1. The second-order valence-electron chi connectivity index (χ2n) is 3.90. The minimum Gasteiger partial charge on any atom is -0.497 e. The molecule has 0 saturated heterocycles. The smallest absolute Gasteiger partial charge is 0.328 e. The number of benzene rings is 1. The molecule has 0 saturated carbocycles. The summed E-state index contributed by atoms with van der Waals surface area (Å²) in [6.07, 6.45) is 5.53. The maximum Gasteiger partial charge on any atom is 0.328 e. The van der Waals surface area contributed by atoms with E-state index in [1.165, 1.54) is 19.4 Å². The minimum atomic E-state index is -1.03. The van der Waals surface area contributed by atoms with E-state index in [4.69, 9.17) is 19.1 Å². The number of rotatable bonds is 6. The summed E-state index contributed by atoms with van der Waals surface area (Å²) in [5.41, 5.74) is 1.40. The van der Waals surface area contributed by atoms with Gasteiger partial charge in [-0.05, 0) is 24.3 Å². The number of aromatic nitrogens is 1. The Kier molecular flexibility index (Phi) is 4.39. The van der Waals surface area contributed by atoms with Crippen LogP contribution in [0.15, 0.2) is 41.3 Å². The average molecular weight is 275 g/mol. The van der Waals surface area contributed by atoms with Gasteiger partial charge in [0.25, 0.3) is 0 Å². The molecule has 2 aromatic rings. The molecule has 1 aromatic heterocycles. The molecule has 0 atom stereocenters. The molecular formula is C14H13NO5. The zero-order valence-electron chi connectivity index (χ0n) is 10.8. The fraction of sp³-hybridized carbons (Fsp3) is 0.143. The maximum atomic E-state index is 10.6. The summed E-state index contributed by atoms with van der Waals surface area (Å²) in [7, 11) is 1.54. The molecule has 0 aliphatic rings. The molecule has 0 aliphatic carbocycles. The van der Waals surface area contributed by atoms with Gasteiger partial charge in [0.1, 0.15) is 24.4 Å². The summed E-state index contributed by atoms with van der Waals surface area (Å²) < 4.78 is 15.4. The molecule has 0 spiro atoms. The van der Waals surface area contributed by atoms with Crippen molar-refractivity contribution >= 4 is 12.0 Å². The summed E-state index contributed by atoms with van der Waals surface area (Å²) in [6, 6.07) is 5.15. The van der Waals surface area contributed by atoms with E-state index in [-0.39, 0.29) is 6.61 Å². The second kappa shape index (κ2) is 6.42. The number of nitrogens with zero attached hydrogens (tertiary/aromatic N) is 1. The van der Waals surface area contributed by atoms with Crippen LogP contribution in [0.1, 0.15) is 11.1 Å². The van der Waals surface area contributed by atoms with Gasteiger partial charge in [0.2, 0.25) is 0 Å². The van der Waals surface area contributed by atoms with Gasteiger partial charge in [-0.2, -0.15) is 0 Å². The van der Waals surface area contributed by atoms with Gasteiger partial charge in [-0.25, -0.2) is 4.79 Å². The van der Waals surface area contributed by atoms with E-state index >= 15 is 0 Å². The Morgan fingerprint density at radius 1 is 1.50 bits per heavy atom. The average Bonchev–Trinajstić information content (AvgIpc) is 2.96. The lowest BCUT2D eigenvalue weighted by Crippen LogP contribution is -1.97. The summed E-state index contributed by atoms with van der Waals surface area (Å²) in [6.45, 7) is 0.281. The van der Waals surface area contributed by atoms with Crippen LogP contribution >= 0.6 is 0 Å². The van der Waals surface area contributed by atoms with Crippen LogP contribution in [0.4, 0.5) is 0 Å². The van der Waals surface area contributed by atoms with Gasteiger partial charge in [0.05, 0.1) is 13.3 Å². The van der Waals surface area contributed by atoms with Crippen molar-refractivity contribution in [1.29, 1.82) is 0 Å². The zero-order valence-corrected chi connectivity index (χ0v) is 10.8. The number of carbonyl (C=O) groups is 1. The van der Waals surface area contributed by atoms with Crippen LogP contribution in [-0.2, 0) is 11.4 Å². The van der Waals surface area contributed by atoms with Crippen molar-refractivity contribution in [2.45, 2.75) is 6.61 Å². The molecule has 0 bridgehead atoms. The van der Waals surface area contributed by atoms with Crippen molar-refractivity contribution in [2.75, 3.05) is 7.11 Å². The predicted octanol–water partition coefficient (Wildman–Crippen LogP) is 2.36. The number of carboxylic acid groups (broad SMARTS) is 1. The Bertz CT molecular complexity index is 604. The van der Waals surface area contributed by atoms with Crippen molar-refractivity contribution in [3.05, 3.63) is 47.9 Å². The van der Waals surface area contributed by atoms with Crippen LogP contribution in [-0.4, -0.2) is 23.3 Å². The van der Waals surface area contributed by atoms with Crippen LogP contribution < -0.4 is 9.47 Å². The highest BCUT2D eigenvalue weighted by Gasteiger charge is 2.05. The van der Waals surface area contributed by atoms with Gasteiger partial charge < -0.3 is 19.1 Å². The molecule has 1 N–H and O–H groups in total. The molecule has 0 fully saturated rings. The maximum absolute atomic E-state index is 10.6. The van der Waals surface area contributed by atoms with Crippen molar-refractivity contribution in [2.24, 2.45) is 0 Å². The summed E-state index contributed by atoms with van der Waals surface area (Å²) in [4.78, 5) is 10.6. The van der Waals surface area contributed by atoms with Gasteiger partial charge >= 0.3 is 5.97 Å². The highest BCUT2D eigenvalue weighted by molar-refractivity contribution is 5.86. The largest absolute Gasteiger partial charge is 0.497 e. The van der Waals surface area contributed by atoms with Gasteiger partial charge in [-0.1, -0.05) is 5.16 Å². The third kappa shape index (κ3) is 3.61. The zero-order chi connectivity index (χ0) is 14.4. The summed E-state index contributed by atoms with van der Waals surface area (Å²) >= 11 is 0. The Labute approximate surface area is 115 Å². The highest BCUT2D eigenvalue weighted by Crippen LogP contribution is 2.26. The molecule has 0 amide bonds. The molecule has 104 valence electrons. The summed E-state index contributed by atoms with van der Waals surface area (Å²) in [5.74, 6) is 0.134. The highest BCUT2D eigenvalue weighted by atomic mass is 16.5. The van der Waals surface area contributed by atoms with Crippen molar-refractivity contribution < 1.29 is 23.9 Å². The quantitative estimate of drug-likeness (QED) is 0.815. The molecule has 20 heavy (non-hydrogen) atoms. The molecule has 1 aromatic carbocycles. The Hall–Kier alpha value is -2.76. The van der Waals surface area contributed by atoms with Gasteiger partial charge in [0, 0.05) is 17.2 Å². The van der Waals surface area contributed by atoms with E-state index in [1.54, 1.807) is 24.4 Å². The monoisotopic (exact) mass is 275 g/mol.